The number of para-hydroxylation sites is 2. The average molecular weight is 267 g/mol. The molecule has 0 saturated heterocycles. The van der Waals surface area contributed by atoms with Gasteiger partial charge in [-0.1, -0.05) is 12.1 Å². The SMILES string of the molecule is COCCCC(Cl)Cc1nc2ccccc2n1C. The van der Waals surface area contributed by atoms with Crippen LogP contribution in [0.3, 0.4) is 0 Å². The lowest BCUT2D eigenvalue weighted by atomic mass is 10.2. The molecule has 98 valence electrons. The van der Waals surface area contributed by atoms with E-state index in [2.05, 4.69) is 15.6 Å². The van der Waals surface area contributed by atoms with E-state index in [0.29, 0.717) is 0 Å². The van der Waals surface area contributed by atoms with Crippen LogP contribution in [-0.4, -0.2) is 28.6 Å². The van der Waals surface area contributed by atoms with Gasteiger partial charge in [0.05, 0.1) is 11.0 Å². The van der Waals surface area contributed by atoms with Crippen LogP contribution in [0.1, 0.15) is 18.7 Å². The highest BCUT2D eigenvalue weighted by molar-refractivity contribution is 6.20. The molecule has 0 N–H and O–H groups in total. The van der Waals surface area contributed by atoms with Crippen LogP contribution >= 0.6 is 11.6 Å². The summed E-state index contributed by atoms with van der Waals surface area (Å²) >= 11 is 6.34. The molecule has 0 aliphatic heterocycles. The van der Waals surface area contributed by atoms with Crippen molar-refractivity contribution in [1.82, 2.24) is 9.55 Å². The van der Waals surface area contributed by atoms with Crippen molar-refractivity contribution in [3.8, 4) is 0 Å². The fraction of sp³-hybridized carbons (Fsp3) is 0.500. The molecule has 0 fully saturated rings. The predicted molar refractivity (Wildman–Crippen MR) is 75.2 cm³/mol. The van der Waals surface area contributed by atoms with Crippen molar-refractivity contribution in [2.75, 3.05) is 13.7 Å². The van der Waals surface area contributed by atoms with Crippen molar-refractivity contribution < 1.29 is 4.74 Å². The molecule has 1 unspecified atom stereocenters. The van der Waals surface area contributed by atoms with Crippen molar-refractivity contribution >= 4 is 22.6 Å². The number of hydrogen-bond acceptors (Lipinski definition) is 2. The van der Waals surface area contributed by atoms with Gasteiger partial charge in [0, 0.05) is 32.6 Å². The predicted octanol–water partition coefficient (Wildman–Crippen LogP) is 3.15. The van der Waals surface area contributed by atoms with Crippen molar-refractivity contribution in [1.29, 1.82) is 0 Å². The molecular weight excluding hydrogens is 248 g/mol. The second-order valence-electron chi connectivity index (χ2n) is 4.51. The molecule has 2 rings (SSSR count). The van der Waals surface area contributed by atoms with Crippen molar-refractivity contribution in [3.05, 3.63) is 30.1 Å². The minimum absolute atomic E-state index is 0.121. The van der Waals surface area contributed by atoms with Crippen LogP contribution in [0.4, 0.5) is 0 Å². The lowest BCUT2D eigenvalue weighted by molar-refractivity contribution is 0.192. The minimum Gasteiger partial charge on any atom is -0.385 e. The summed E-state index contributed by atoms with van der Waals surface area (Å²) in [7, 11) is 3.76. The Kier molecular flexibility index (Phi) is 4.61. The third-order valence-electron chi connectivity index (χ3n) is 3.15. The van der Waals surface area contributed by atoms with E-state index in [4.69, 9.17) is 16.3 Å². The summed E-state index contributed by atoms with van der Waals surface area (Å²) in [5.41, 5.74) is 2.20. The van der Waals surface area contributed by atoms with E-state index in [9.17, 15) is 0 Å². The molecule has 2 aromatic rings. The number of alkyl halides is 1. The van der Waals surface area contributed by atoms with Gasteiger partial charge < -0.3 is 9.30 Å². The van der Waals surface area contributed by atoms with Gasteiger partial charge in [-0.2, -0.15) is 0 Å². The summed E-state index contributed by atoms with van der Waals surface area (Å²) in [5, 5.41) is 0.121. The number of ether oxygens (including phenoxy) is 1. The first kappa shape index (κ1) is 13.4. The van der Waals surface area contributed by atoms with Crippen LogP contribution in [0.5, 0.6) is 0 Å². The molecule has 1 atom stereocenters. The summed E-state index contributed by atoms with van der Waals surface area (Å²) in [6.45, 7) is 0.770. The van der Waals surface area contributed by atoms with Crippen LogP contribution < -0.4 is 0 Å². The lowest BCUT2D eigenvalue weighted by Gasteiger charge is -2.08. The van der Waals surface area contributed by atoms with Crippen molar-refractivity contribution in [3.63, 3.8) is 0 Å². The third-order valence-corrected chi connectivity index (χ3v) is 3.52. The summed E-state index contributed by atoms with van der Waals surface area (Å²) in [5.74, 6) is 1.05. The Morgan fingerprint density at radius 3 is 2.89 bits per heavy atom. The van der Waals surface area contributed by atoms with Crippen LogP contribution in [0.2, 0.25) is 0 Å². The van der Waals surface area contributed by atoms with Gasteiger partial charge in [-0.3, -0.25) is 0 Å². The first-order valence-corrected chi connectivity index (χ1v) is 6.69. The second kappa shape index (κ2) is 6.21. The molecule has 1 heterocycles. The van der Waals surface area contributed by atoms with Gasteiger partial charge >= 0.3 is 0 Å². The molecule has 4 heteroatoms. The average Bonchev–Trinajstić information content (AvgIpc) is 2.67. The Hall–Kier alpha value is -1.06. The van der Waals surface area contributed by atoms with E-state index in [0.717, 1.165) is 42.7 Å². The fourth-order valence-corrected chi connectivity index (χ4v) is 2.42. The molecule has 0 saturated carbocycles. The maximum absolute atomic E-state index is 6.34. The Morgan fingerprint density at radius 2 is 2.17 bits per heavy atom. The maximum atomic E-state index is 6.34. The number of halogens is 1. The first-order valence-electron chi connectivity index (χ1n) is 6.25. The number of aryl methyl sites for hydroxylation is 1. The molecule has 0 bridgehead atoms. The Bertz CT molecular complexity index is 509. The molecule has 0 aliphatic carbocycles. The van der Waals surface area contributed by atoms with Crippen molar-refractivity contribution in [2.45, 2.75) is 24.6 Å². The Balaban J connectivity index is 2.05. The molecule has 18 heavy (non-hydrogen) atoms. The number of methoxy groups -OCH3 is 1. The number of fused-ring (bicyclic) bond motifs is 1. The maximum Gasteiger partial charge on any atom is 0.111 e. The van der Waals surface area contributed by atoms with Crippen LogP contribution in [0.25, 0.3) is 11.0 Å². The molecule has 0 aliphatic rings. The number of rotatable bonds is 6. The van der Waals surface area contributed by atoms with Gasteiger partial charge in [-0.05, 0) is 25.0 Å². The molecule has 1 aromatic carbocycles. The summed E-state index contributed by atoms with van der Waals surface area (Å²) in [6, 6.07) is 8.16. The van der Waals surface area contributed by atoms with Crippen LogP contribution in [0.15, 0.2) is 24.3 Å². The van der Waals surface area contributed by atoms with Gasteiger partial charge in [0.2, 0.25) is 0 Å². The van der Waals surface area contributed by atoms with E-state index in [1.807, 2.05) is 25.2 Å². The monoisotopic (exact) mass is 266 g/mol. The standard InChI is InChI=1S/C14H19ClN2O/c1-17-13-8-4-3-7-12(13)16-14(17)10-11(15)6-5-9-18-2/h3-4,7-8,11H,5-6,9-10H2,1-2H3. The van der Waals surface area contributed by atoms with Gasteiger partial charge in [0.25, 0.3) is 0 Å². The van der Waals surface area contributed by atoms with Gasteiger partial charge in [-0.15, -0.1) is 11.6 Å². The van der Waals surface area contributed by atoms with E-state index < -0.39 is 0 Å². The highest BCUT2D eigenvalue weighted by Gasteiger charge is 2.12. The van der Waals surface area contributed by atoms with E-state index in [1.54, 1.807) is 7.11 Å². The van der Waals surface area contributed by atoms with Crippen LogP contribution in [-0.2, 0) is 18.2 Å². The fourth-order valence-electron chi connectivity index (χ4n) is 2.13. The number of benzene rings is 1. The number of imidazole rings is 1. The third kappa shape index (κ3) is 3.03. The van der Waals surface area contributed by atoms with Gasteiger partial charge in [-0.25, -0.2) is 4.98 Å². The molecular formula is C14H19ClN2O. The zero-order valence-electron chi connectivity index (χ0n) is 10.9. The number of aromatic nitrogens is 2. The van der Waals surface area contributed by atoms with Crippen molar-refractivity contribution in [2.24, 2.45) is 7.05 Å². The topological polar surface area (TPSA) is 27.1 Å². The molecule has 0 spiro atoms. The number of hydrogen-bond donors (Lipinski definition) is 0. The Labute approximate surface area is 113 Å². The van der Waals surface area contributed by atoms with Crippen LogP contribution in [0, 0.1) is 0 Å². The quantitative estimate of drug-likeness (QED) is 0.593. The molecule has 0 amide bonds. The molecule has 1 aromatic heterocycles. The Morgan fingerprint density at radius 1 is 1.39 bits per heavy atom. The minimum atomic E-state index is 0.121. The summed E-state index contributed by atoms with van der Waals surface area (Å²) in [4.78, 5) is 4.63. The highest BCUT2D eigenvalue weighted by atomic mass is 35.5. The summed E-state index contributed by atoms with van der Waals surface area (Å²) < 4.78 is 7.16. The molecule has 0 radical (unpaired) electrons. The van der Waals surface area contributed by atoms with Gasteiger partial charge in [0.1, 0.15) is 5.82 Å². The first-order chi connectivity index (χ1) is 8.72. The largest absolute Gasteiger partial charge is 0.385 e. The highest BCUT2D eigenvalue weighted by Crippen LogP contribution is 2.18. The second-order valence-corrected chi connectivity index (χ2v) is 5.13. The smallest absolute Gasteiger partial charge is 0.111 e. The number of nitrogens with zero attached hydrogens (tertiary/aromatic N) is 2. The molecule has 3 nitrogen and oxygen atoms in total. The zero-order chi connectivity index (χ0) is 13.0. The normalized spacial score (nSPS) is 13.1. The lowest BCUT2D eigenvalue weighted by Crippen LogP contribution is -2.09. The van der Waals surface area contributed by atoms with E-state index in [1.165, 1.54) is 0 Å². The van der Waals surface area contributed by atoms with E-state index >= 15 is 0 Å². The van der Waals surface area contributed by atoms with Gasteiger partial charge in [0.15, 0.2) is 0 Å². The summed E-state index contributed by atoms with van der Waals surface area (Å²) in [6.07, 6.45) is 2.75. The zero-order valence-corrected chi connectivity index (χ0v) is 11.7. The van der Waals surface area contributed by atoms with E-state index in [-0.39, 0.29) is 5.38 Å².